The van der Waals surface area contributed by atoms with E-state index in [0.29, 0.717) is 17.5 Å². The molecule has 0 saturated carbocycles. The fourth-order valence-corrected chi connectivity index (χ4v) is 3.88. The van der Waals surface area contributed by atoms with Gasteiger partial charge in [-0.25, -0.2) is 4.98 Å². The molecule has 4 aromatic rings. The van der Waals surface area contributed by atoms with Gasteiger partial charge >= 0.3 is 0 Å². The zero-order valence-corrected chi connectivity index (χ0v) is 16.1. The van der Waals surface area contributed by atoms with Crippen LogP contribution in [0, 0.1) is 6.92 Å². The number of hydrogen-bond donors (Lipinski definition) is 0. The predicted molar refractivity (Wildman–Crippen MR) is 107 cm³/mol. The Bertz CT molecular complexity index is 1020. The van der Waals surface area contributed by atoms with Gasteiger partial charge in [-0.15, -0.1) is 10.2 Å². The summed E-state index contributed by atoms with van der Waals surface area (Å²) >= 11 is 1.61. The van der Waals surface area contributed by atoms with E-state index in [1.54, 1.807) is 18.7 Å². The van der Waals surface area contributed by atoms with E-state index in [1.165, 1.54) is 11.1 Å². The van der Waals surface area contributed by atoms with Crippen LogP contribution in [0.1, 0.15) is 18.7 Å². The molecule has 0 aliphatic rings. The third-order valence-corrected chi connectivity index (χ3v) is 5.29. The first-order valence-corrected chi connectivity index (χ1v) is 9.86. The van der Waals surface area contributed by atoms with Gasteiger partial charge in [-0.3, -0.25) is 0 Å². The molecule has 0 fully saturated rings. The SMILES string of the molecule is CCn1c(-c2ccc(-c3ccccc3)cc2)cnc1SCc1nnc(C)o1. The van der Waals surface area contributed by atoms with E-state index in [2.05, 4.69) is 75.2 Å². The summed E-state index contributed by atoms with van der Waals surface area (Å²) in [5.41, 5.74) is 4.70. The Labute approximate surface area is 162 Å². The van der Waals surface area contributed by atoms with E-state index in [4.69, 9.17) is 4.42 Å². The van der Waals surface area contributed by atoms with Gasteiger partial charge in [-0.2, -0.15) is 0 Å². The second kappa shape index (κ2) is 7.80. The van der Waals surface area contributed by atoms with Crippen molar-refractivity contribution >= 4 is 11.8 Å². The van der Waals surface area contributed by atoms with Gasteiger partial charge in [0.2, 0.25) is 11.8 Å². The Kier molecular flexibility index (Phi) is 5.07. The molecule has 0 unspecified atom stereocenters. The summed E-state index contributed by atoms with van der Waals surface area (Å²) in [6.07, 6.45) is 1.93. The molecular formula is C21H20N4OS. The van der Waals surface area contributed by atoms with Crippen LogP contribution in [0.3, 0.4) is 0 Å². The summed E-state index contributed by atoms with van der Waals surface area (Å²) in [5.74, 6) is 1.82. The minimum absolute atomic E-state index is 0.587. The normalized spacial score (nSPS) is 11.0. The van der Waals surface area contributed by atoms with Gasteiger partial charge in [0.1, 0.15) is 0 Å². The van der Waals surface area contributed by atoms with Crippen molar-refractivity contribution < 1.29 is 4.42 Å². The molecule has 5 nitrogen and oxygen atoms in total. The van der Waals surface area contributed by atoms with E-state index >= 15 is 0 Å². The summed E-state index contributed by atoms with van der Waals surface area (Å²) in [6.45, 7) is 4.77. The van der Waals surface area contributed by atoms with Gasteiger partial charge in [-0.1, -0.05) is 66.4 Å². The Hall–Kier alpha value is -2.86. The number of hydrogen-bond acceptors (Lipinski definition) is 5. The van der Waals surface area contributed by atoms with E-state index in [9.17, 15) is 0 Å². The largest absolute Gasteiger partial charge is 0.425 e. The maximum atomic E-state index is 5.45. The molecule has 6 heteroatoms. The quantitative estimate of drug-likeness (QED) is 0.432. The molecule has 0 aliphatic carbocycles. The maximum absolute atomic E-state index is 5.45. The number of imidazole rings is 1. The molecule has 0 atom stereocenters. The summed E-state index contributed by atoms with van der Waals surface area (Å²) in [7, 11) is 0. The third-order valence-electron chi connectivity index (χ3n) is 4.32. The number of thioether (sulfide) groups is 1. The molecule has 0 aliphatic heterocycles. The smallest absolute Gasteiger partial charge is 0.226 e. The zero-order chi connectivity index (χ0) is 18.6. The Balaban J connectivity index is 1.56. The zero-order valence-electron chi connectivity index (χ0n) is 15.3. The van der Waals surface area contributed by atoms with Gasteiger partial charge in [0.25, 0.3) is 0 Å². The summed E-state index contributed by atoms with van der Waals surface area (Å²) < 4.78 is 7.66. The maximum Gasteiger partial charge on any atom is 0.226 e. The van der Waals surface area contributed by atoms with Crippen molar-refractivity contribution in [3.05, 3.63) is 72.6 Å². The first kappa shape index (κ1) is 17.5. The minimum Gasteiger partial charge on any atom is -0.425 e. The van der Waals surface area contributed by atoms with Gasteiger partial charge in [0.15, 0.2) is 5.16 Å². The molecule has 0 radical (unpaired) electrons. The second-order valence-electron chi connectivity index (χ2n) is 6.12. The van der Waals surface area contributed by atoms with Crippen LogP contribution >= 0.6 is 11.8 Å². The highest BCUT2D eigenvalue weighted by molar-refractivity contribution is 7.98. The molecular weight excluding hydrogens is 356 g/mol. The van der Waals surface area contributed by atoms with Crippen molar-refractivity contribution in [3.8, 4) is 22.4 Å². The fourth-order valence-electron chi connectivity index (χ4n) is 3.00. The molecule has 4 rings (SSSR count). The lowest BCUT2D eigenvalue weighted by Gasteiger charge is -2.09. The van der Waals surface area contributed by atoms with Crippen molar-refractivity contribution in [1.82, 2.24) is 19.7 Å². The fraction of sp³-hybridized carbons (Fsp3) is 0.190. The van der Waals surface area contributed by atoms with Crippen LogP contribution in [0.15, 0.2) is 70.4 Å². The van der Waals surface area contributed by atoms with Crippen molar-refractivity contribution in [2.75, 3.05) is 0 Å². The number of aromatic nitrogens is 4. The van der Waals surface area contributed by atoms with Gasteiger partial charge in [0, 0.05) is 13.5 Å². The topological polar surface area (TPSA) is 56.7 Å². The number of aryl methyl sites for hydroxylation is 1. The highest BCUT2D eigenvalue weighted by Gasteiger charge is 2.13. The van der Waals surface area contributed by atoms with Crippen LogP contribution in [0.2, 0.25) is 0 Å². The van der Waals surface area contributed by atoms with Crippen LogP contribution in [0.5, 0.6) is 0 Å². The Morgan fingerprint density at radius 1 is 0.926 bits per heavy atom. The molecule has 0 spiro atoms. The molecule has 0 amide bonds. The summed E-state index contributed by atoms with van der Waals surface area (Å²) in [6, 6.07) is 19.0. The lowest BCUT2D eigenvalue weighted by atomic mass is 10.0. The predicted octanol–water partition coefficient (Wildman–Crippen LogP) is 5.22. The monoisotopic (exact) mass is 376 g/mol. The number of rotatable bonds is 6. The highest BCUT2D eigenvalue weighted by atomic mass is 32.2. The van der Waals surface area contributed by atoms with Gasteiger partial charge in [-0.05, 0) is 23.6 Å². The third kappa shape index (κ3) is 3.80. The van der Waals surface area contributed by atoms with Crippen molar-refractivity contribution in [3.63, 3.8) is 0 Å². The van der Waals surface area contributed by atoms with E-state index in [-0.39, 0.29) is 0 Å². The molecule has 27 heavy (non-hydrogen) atoms. The Morgan fingerprint density at radius 3 is 2.30 bits per heavy atom. The van der Waals surface area contributed by atoms with E-state index < -0.39 is 0 Å². The molecule has 0 saturated heterocycles. The first-order chi connectivity index (χ1) is 13.2. The first-order valence-electron chi connectivity index (χ1n) is 8.87. The van der Waals surface area contributed by atoms with Crippen LogP contribution in [-0.2, 0) is 12.3 Å². The van der Waals surface area contributed by atoms with Crippen LogP contribution in [0.4, 0.5) is 0 Å². The lowest BCUT2D eigenvalue weighted by molar-refractivity contribution is 0.485. The average molecular weight is 376 g/mol. The van der Waals surface area contributed by atoms with E-state index in [1.807, 2.05) is 12.3 Å². The lowest BCUT2D eigenvalue weighted by Crippen LogP contribution is -1.99. The molecule has 2 aromatic carbocycles. The molecule has 2 heterocycles. The molecule has 136 valence electrons. The Morgan fingerprint density at radius 2 is 1.63 bits per heavy atom. The van der Waals surface area contributed by atoms with Crippen molar-refractivity contribution in [1.29, 1.82) is 0 Å². The van der Waals surface area contributed by atoms with Crippen molar-refractivity contribution in [2.45, 2.75) is 31.3 Å². The number of benzene rings is 2. The van der Waals surface area contributed by atoms with Crippen molar-refractivity contribution in [2.24, 2.45) is 0 Å². The standard InChI is InChI=1S/C21H20N4OS/c1-3-25-19(13-22-21(25)27-14-20-24-23-15(2)26-20)18-11-9-17(10-12-18)16-7-5-4-6-8-16/h4-13H,3,14H2,1-2H3. The van der Waals surface area contributed by atoms with Crippen LogP contribution < -0.4 is 0 Å². The number of nitrogens with zero attached hydrogens (tertiary/aromatic N) is 4. The summed E-state index contributed by atoms with van der Waals surface area (Å²) in [5, 5.41) is 8.87. The molecule has 0 bridgehead atoms. The highest BCUT2D eigenvalue weighted by Crippen LogP contribution is 2.29. The molecule has 2 aromatic heterocycles. The molecule has 0 N–H and O–H groups in total. The average Bonchev–Trinajstić information content (AvgIpc) is 3.32. The second-order valence-corrected chi connectivity index (χ2v) is 7.06. The van der Waals surface area contributed by atoms with Gasteiger partial charge < -0.3 is 8.98 Å². The summed E-state index contributed by atoms with van der Waals surface area (Å²) in [4.78, 5) is 4.60. The minimum atomic E-state index is 0.587. The van der Waals surface area contributed by atoms with Crippen LogP contribution in [-0.4, -0.2) is 19.7 Å². The van der Waals surface area contributed by atoms with Crippen LogP contribution in [0.25, 0.3) is 22.4 Å². The van der Waals surface area contributed by atoms with Gasteiger partial charge in [0.05, 0.1) is 17.6 Å². The van der Waals surface area contributed by atoms with E-state index in [0.717, 1.165) is 23.0 Å².